The molecule has 160 valence electrons. The van der Waals surface area contributed by atoms with E-state index in [1.165, 1.54) is 0 Å². The average molecular weight is 418 g/mol. The highest BCUT2D eigenvalue weighted by molar-refractivity contribution is 6.03. The Bertz CT molecular complexity index is 1100. The first-order valence-electron chi connectivity index (χ1n) is 10.7. The number of carbonyl (C=O) groups excluding carboxylic acids is 2. The molecule has 2 aliphatic heterocycles. The molecule has 1 fully saturated rings. The number of nitrogens with two attached hydrogens (primary N) is 1. The van der Waals surface area contributed by atoms with E-state index < -0.39 is 0 Å². The van der Waals surface area contributed by atoms with Crippen molar-refractivity contribution in [3.63, 3.8) is 0 Å². The van der Waals surface area contributed by atoms with Gasteiger partial charge in [-0.1, -0.05) is 12.1 Å². The lowest BCUT2D eigenvalue weighted by atomic mass is 9.95. The van der Waals surface area contributed by atoms with E-state index in [9.17, 15) is 9.59 Å². The minimum Gasteiger partial charge on any atom is -0.463 e. The fourth-order valence-electron chi connectivity index (χ4n) is 4.15. The smallest absolute Gasteiger partial charge is 0.334 e. The fourth-order valence-corrected chi connectivity index (χ4v) is 4.15. The van der Waals surface area contributed by atoms with Gasteiger partial charge in [-0.05, 0) is 73.7 Å². The van der Waals surface area contributed by atoms with Crippen molar-refractivity contribution in [1.82, 2.24) is 4.90 Å². The molecule has 2 aromatic rings. The second-order valence-corrected chi connectivity index (χ2v) is 7.97. The van der Waals surface area contributed by atoms with Crippen molar-refractivity contribution >= 4 is 29.5 Å². The van der Waals surface area contributed by atoms with Crippen LogP contribution in [0, 0.1) is 6.92 Å². The zero-order valence-corrected chi connectivity index (χ0v) is 18.0. The molecule has 0 saturated carbocycles. The van der Waals surface area contributed by atoms with E-state index >= 15 is 0 Å². The van der Waals surface area contributed by atoms with Crippen LogP contribution in [0.4, 0.5) is 5.69 Å². The van der Waals surface area contributed by atoms with Gasteiger partial charge >= 0.3 is 5.97 Å². The monoisotopic (exact) mass is 417 g/mol. The number of hydrogen-bond donors (Lipinski definition) is 1. The lowest BCUT2D eigenvalue weighted by molar-refractivity contribution is -0.138. The summed E-state index contributed by atoms with van der Waals surface area (Å²) in [4.78, 5) is 31.4. The molecule has 0 atom stereocenters. The van der Waals surface area contributed by atoms with Crippen LogP contribution in [-0.2, 0) is 9.53 Å². The molecule has 31 heavy (non-hydrogen) atoms. The van der Waals surface area contributed by atoms with Crippen molar-refractivity contribution in [2.24, 2.45) is 10.7 Å². The largest absolute Gasteiger partial charge is 0.463 e. The SMILES string of the molecule is CCOC(=O)C1=Cc2cc(-c3ccc(C(=O)N4CCCC4)cc3C)ccc2N=C(N)C1. The van der Waals surface area contributed by atoms with Crippen LogP contribution in [0.2, 0.25) is 0 Å². The highest BCUT2D eigenvalue weighted by Gasteiger charge is 2.21. The van der Waals surface area contributed by atoms with Gasteiger partial charge in [0.15, 0.2) is 0 Å². The van der Waals surface area contributed by atoms with Crippen LogP contribution in [0.25, 0.3) is 17.2 Å². The molecule has 2 N–H and O–H groups in total. The summed E-state index contributed by atoms with van der Waals surface area (Å²) < 4.78 is 5.16. The maximum absolute atomic E-state index is 12.7. The third-order valence-corrected chi connectivity index (χ3v) is 5.71. The first kappa shape index (κ1) is 20.8. The van der Waals surface area contributed by atoms with E-state index in [0.717, 1.165) is 59.4 Å². The van der Waals surface area contributed by atoms with Gasteiger partial charge in [0.05, 0.1) is 12.3 Å². The van der Waals surface area contributed by atoms with Crippen LogP contribution in [0.15, 0.2) is 47.0 Å². The van der Waals surface area contributed by atoms with Crippen molar-refractivity contribution < 1.29 is 14.3 Å². The quantitative estimate of drug-likeness (QED) is 0.754. The van der Waals surface area contributed by atoms with E-state index in [4.69, 9.17) is 10.5 Å². The normalized spacial score (nSPS) is 15.6. The molecular weight excluding hydrogens is 390 g/mol. The molecule has 2 aliphatic rings. The number of benzene rings is 2. The van der Waals surface area contributed by atoms with Crippen LogP contribution in [0.3, 0.4) is 0 Å². The van der Waals surface area contributed by atoms with E-state index in [1.807, 2.05) is 48.2 Å². The average Bonchev–Trinajstić information content (AvgIpc) is 3.23. The summed E-state index contributed by atoms with van der Waals surface area (Å²) in [6.07, 6.45) is 4.22. The number of ether oxygens (including phenoxy) is 1. The van der Waals surface area contributed by atoms with Gasteiger partial charge in [-0.3, -0.25) is 4.79 Å². The minimum absolute atomic E-state index is 0.0981. The van der Waals surface area contributed by atoms with Crippen LogP contribution >= 0.6 is 0 Å². The van der Waals surface area contributed by atoms with Crippen molar-refractivity contribution in [2.75, 3.05) is 19.7 Å². The lowest BCUT2D eigenvalue weighted by Crippen LogP contribution is -2.27. The maximum atomic E-state index is 12.7. The molecule has 1 saturated heterocycles. The topological polar surface area (TPSA) is 85.0 Å². The first-order valence-corrected chi connectivity index (χ1v) is 10.7. The van der Waals surface area contributed by atoms with Crippen molar-refractivity contribution in [2.45, 2.75) is 33.1 Å². The highest BCUT2D eigenvalue weighted by atomic mass is 16.5. The van der Waals surface area contributed by atoms with Gasteiger partial charge in [0.2, 0.25) is 0 Å². The van der Waals surface area contributed by atoms with Gasteiger partial charge in [-0.2, -0.15) is 0 Å². The number of nitrogens with zero attached hydrogens (tertiary/aromatic N) is 2. The number of aryl methyl sites for hydroxylation is 1. The second kappa shape index (κ2) is 8.76. The fraction of sp³-hybridized carbons (Fsp3) is 0.320. The number of aliphatic imine (C=N–C) groups is 1. The Hall–Kier alpha value is -3.41. The Morgan fingerprint density at radius 1 is 1.13 bits per heavy atom. The van der Waals surface area contributed by atoms with Gasteiger partial charge in [0.1, 0.15) is 5.84 Å². The molecule has 0 spiro atoms. The van der Waals surface area contributed by atoms with Gasteiger partial charge in [-0.25, -0.2) is 9.79 Å². The second-order valence-electron chi connectivity index (χ2n) is 7.97. The van der Waals surface area contributed by atoms with Crippen LogP contribution < -0.4 is 5.73 Å². The predicted molar refractivity (Wildman–Crippen MR) is 122 cm³/mol. The Kier molecular flexibility index (Phi) is 5.89. The number of rotatable bonds is 4. The standard InChI is InChI=1S/C25H27N3O3/c1-3-31-25(30)20-14-19-13-17(7-9-22(19)27-23(26)15-20)21-8-6-18(12-16(21)2)24(29)28-10-4-5-11-28/h6-9,12-14H,3-5,10-11,15H2,1-2H3,(H2,26,27). The van der Waals surface area contributed by atoms with Gasteiger partial charge in [0, 0.05) is 36.2 Å². The molecule has 0 bridgehead atoms. The van der Waals surface area contributed by atoms with Crippen LogP contribution in [0.5, 0.6) is 0 Å². The summed E-state index contributed by atoms with van der Waals surface area (Å²) in [6.45, 7) is 5.77. The summed E-state index contributed by atoms with van der Waals surface area (Å²) in [5.74, 6) is 0.104. The van der Waals surface area contributed by atoms with Crippen molar-refractivity contribution in [1.29, 1.82) is 0 Å². The summed E-state index contributed by atoms with van der Waals surface area (Å²) in [5.41, 5.74) is 11.8. The number of amides is 1. The van der Waals surface area contributed by atoms with Crippen molar-refractivity contribution in [3.05, 3.63) is 58.7 Å². The van der Waals surface area contributed by atoms with E-state index in [-0.39, 0.29) is 18.3 Å². The Balaban J connectivity index is 1.68. The zero-order chi connectivity index (χ0) is 22.0. The van der Waals surface area contributed by atoms with E-state index in [2.05, 4.69) is 4.99 Å². The first-order chi connectivity index (χ1) is 15.0. The molecule has 1 amide bonds. The summed E-state index contributed by atoms with van der Waals surface area (Å²) >= 11 is 0. The number of amidine groups is 1. The number of carbonyl (C=O) groups is 2. The number of fused-ring (bicyclic) bond motifs is 1. The minimum atomic E-state index is -0.375. The predicted octanol–water partition coefficient (Wildman–Crippen LogP) is 4.24. The number of esters is 1. The summed E-state index contributed by atoms with van der Waals surface area (Å²) in [7, 11) is 0. The zero-order valence-electron chi connectivity index (χ0n) is 18.0. The molecular formula is C25H27N3O3. The summed E-state index contributed by atoms with van der Waals surface area (Å²) in [5, 5.41) is 0. The number of likely N-dealkylation sites (tertiary alicyclic amines) is 1. The van der Waals surface area contributed by atoms with Gasteiger partial charge < -0.3 is 15.4 Å². The van der Waals surface area contributed by atoms with Gasteiger partial charge in [-0.15, -0.1) is 0 Å². The highest BCUT2D eigenvalue weighted by Crippen LogP contribution is 2.33. The number of hydrogen-bond acceptors (Lipinski definition) is 5. The molecule has 0 aliphatic carbocycles. The molecule has 6 heteroatoms. The Morgan fingerprint density at radius 2 is 1.90 bits per heavy atom. The lowest BCUT2D eigenvalue weighted by Gasteiger charge is -2.16. The molecule has 2 aromatic carbocycles. The van der Waals surface area contributed by atoms with Crippen LogP contribution in [-0.4, -0.2) is 42.3 Å². The maximum Gasteiger partial charge on any atom is 0.334 e. The van der Waals surface area contributed by atoms with Crippen molar-refractivity contribution in [3.8, 4) is 11.1 Å². The molecule has 0 unspecified atom stereocenters. The third-order valence-electron chi connectivity index (χ3n) is 5.71. The molecule has 6 nitrogen and oxygen atoms in total. The van der Waals surface area contributed by atoms with Gasteiger partial charge in [0.25, 0.3) is 5.91 Å². The molecule has 0 aromatic heterocycles. The molecule has 2 heterocycles. The molecule has 4 rings (SSSR count). The van der Waals surface area contributed by atoms with Crippen LogP contribution in [0.1, 0.15) is 47.7 Å². The Labute approximate surface area is 182 Å². The summed E-state index contributed by atoms with van der Waals surface area (Å²) in [6, 6.07) is 11.7. The molecule has 0 radical (unpaired) electrons. The Morgan fingerprint density at radius 3 is 2.61 bits per heavy atom. The van der Waals surface area contributed by atoms with E-state index in [0.29, 0.717) is 18.0 Å². The third kappa shape index (κ3) is 4.38. The van der Waals surface area contributed by atoms with E-state index in [1.54, 1.807) is 13.0 Å².